The number of rotatable bonds is 6. The number of carbonyl (C=O) groups is 1. The summed E-state index contributed by atoms with van der Waals surface area (Å²) in [5, 5.41) is 0. The lowest BCUT2D eigenvalue weighted by Crippen LogP contribution is -2.38. The molecule has 21 heavy (non-hydrogen) atoms. The maximum atomic E-state index is 12.1. The highest BCUT2D eigenvalue weighted by Crippen LogP contribution is 2.28. The van der Waals surface area contributed by atoms with Gasteiger partial charge in [0.15, 0.2) is 18.1 Å². The molecule has 1 aromatic carbocycles. The molecule has 0 saturated carbocycles. The number of hydrogen-bond donors (Lipinski definition) is 0. The molecule has 1 aliphatic heterocycles. The largest absolute Gasteiger partial charge is 0.493 e. The van der Waals surface area contributed by atoms with Gasteiger partial charge in [-0.2, -0.15) is 0 Å². The molecule has 1 amide bonds. The van der Waals surface area contributed by atoms with Crippen LogP contribution in [0.3, 0.4) is 0 Å². The van der Waals surface area contributed by atoms with Crippen LogP contribution in [0.5, 0.6) is 11.5 Å². The van der Waals surface area contributed by atoms with Crippen molar-refractivity contribution in [2.45, 2.75) is 39.0 Å². The van der Waals surface area contributed by atoms with E-state index in [-0.39, 0.29) is 12.5 Å². The second-order valence-corrected chi connectivity index (χ2v) is 5.47. The Labute approximate surface area is 127 Å². The minimum atomic E-state index is 0.0642. The van der Waals surface area contributed by atoms with Crippen molar-refractivity contribution >= 4 is 5.91 Å². The van der Waals surface area contributed by atoms with E-state index in [4.69, 9.17) is 9.47 Å². The quantitative estimate of drug-likeness (QED) is 0.808. The molecule has 1 aliphatic rings. The van der Waals surface area contributed by atoms with Crippen molar-refractivity contribution in [3.05, 3.63) is 23.8 Å². The second-order valence-electron chi connectivity index (χ2n) is 5.47. The number of aryl methyl sites for hydroxylation is 1. The van der Waals surface area contributed by atoms with Gasteiger partial charge in [0.25, 0.3) is 5.91 Å². The molecule has 0 aromatic heterocycles. The Hall–Kier alpha value is -1.71. The predicted octanol–water partition coefficient (Wildman–Crippen LogP) is 3.04. The molecule has 2 rings (SSSR count). The normalized spacial score (nSPS) is 14.9. The summed E-state index contributed by atoms with van der Waals surface area (Å²) in [5.41, 5.74) is 1.23. The molecule has 0 bridgehead atoms. The van der Waals surface area contributed by atoms with Gasteiger partial charge in [0, 0.05) is 13.1 Å². The maximum Gasteiger partial charge on any atom is 0.260 e. The molecule has 1 fully saturated rings. The van der Waals surface area contributed by atoms with E-state index >= 15 is 0 Å². The fraction of sp³-hybridized carbons (Fsp3) is 0.588. The molecule has 0 spiro atoms. The molecule has 4 heteroatoms. The van der Waals surface area contributed by atoms with Crippen molar-refractivity contribution in [3.63, 3.8) is 0 Å². The Bertz CT molecular complexity index is 467. The second kappa shape index (κ2) is 7.91. The van der Waals surface area contributed by atoms with Crippen molar-refractivity contribution in [1.29, 1.82) is 0 Å². The van der Waals surface area contributed by atoms with Crippen molar-refractivity contribution in [3.8, 4) is 11.5 Å². The smallest absolute Gasteiger partial charge is 0.260 e. The van der Waals surface area contributed by atoms with Gasteiger partial charge >= 0.3 is 0 Å². The minimum absolute atomic E-state index is 0.0642. The molecule has 0 radical (unpaired) electrons. The van der Waals surface area contributed by atoms with Crippen molar-refractivity contribution in [1.82, 2.24) is 4.90 Å². The zero-order valence-electron chi connectivity index (χ0n) is 13.1. The van der Waals surface area contributed by atoms with E-state index in [2.05, 4.69) is 6.92 Å². The van der Waals surface area contributed by atoms with E-state index in [1.165, 1.54) is 12.0 Å². The topological polar surface area (TPSA) is 38.8 Å². The third-order valence-electron chi connectivity index (χ3n) is 3.83. The summed E-state index contributed by atoms with van der Waals surface area (Å²) in [6, 6.07) is 5.92. The van der Waals surface area contributed by atoms with Gasteiger partial charge in [-0.05, 0) is 43.4 Å². The fourth-order valence-electron chi connectivity index (χ4n) is 2.65. The summed E-state index contributed by atoms with van der Waals surface area (Å²) in [4.78, 5) is 14.0. The number of hydrogen-bond acceptors (Lipinski definition) is 3. The Morgan fingerprint density at radius 2 is 1.95 bits per heavy atom. The zero-order chi connectivity index (χ0) is 15.1. The number of methoxy groups -OCH3 is 1. The van der Waals surface area contributed by atoms with Crippen LogP contribution >= 0.6 is 0 Å². The molecule has 4 nitrogen and oxygen atoms in total. The lowest BCUT2D eigenvalue weighted by Gasteiger charge is -2.26. The number of nitrogens with zero attached hydrogens (tertiary/aromatic N) is 1. The van der Waals surface area contributed by atoms with Crippen LogP contribution in [0, 0.1) is 0 Å². The molecule has 0 atom stereocenters. The Morgan fingerprint density at radius 1 is 1.19 bits per heavy atom. The molecule has 0 N–H and O–H groups in total. The summed E-state index contributed by atoms with van der Waals surface area (Å²) in [6.45, 7) is 3.95. The first-order chi connectivity index (χ1) is 10.2. The lowest BCUT2D eigenvalue weighted by atomic mass is 10.1. The molecule has 1 aromatic rings. The SMILES string of the molecule is CCCc1ccc(OCC(=O)N2CCCCC2)c(OC)c1. The fourth-order valence-corrected chi connectivity index (χ4v) is 2.65. The molecule has 1 saturated heterocycles. The van der Waals surface area contributed by atoms with Gasteiger partial charge in [-0.25, -0.2) is 0 Å². The summed E-state index contributed by atoms with van der Waals surface area (Å²) in [7, 11) is 1.63. The standard InChI is InChI=1S/C17H25NO3/c1-3-7-14-8-9-15(16(12-14)20-2)21-13-17(19)18-10-5-4-6-11-18/h8-9,12H,3-7,10-11,13H2,1-2H3. The van der Waals surface area contributed by atoms with Gasteiger partial charge in [-0.3, -0.25) is 4.79 Å². The van der Waals surface area contributed by atoms with E-state index < -0.39 is 0 Å². The Morgan fingerprint density at radius 3 is 2.62 bits per heavy atom. The van der Waals surface area contributed by atoms with Crippen LogP contribution in [0.4, 0.5) is 0 Å². The van der Waals surface area contributed by atoms with Gasteiger partial charge in [0.2, 0.25) is 0 Å². The van der Waals surface area contributed by atoms with Crippen LogP contribution in [-0.2, 0) is 11.2 Å². The molecule has 116 valence electrons. The summed E-state index contributed by atoms with van der Waals surface area (Å²) in [6.07, 6.45) is 5.53. The van der Waals surface area contributed by atoms with Crippen LogP contribution in [-0.4, -0.2) is 37.6 Å². The molecule has 0 unspecified atom stereocenters. The first-order valence-electron chi connectivity index (χ1n) is 7.82. The van der Waals surface area contributed by atoms with E-state index in [0.29, 0.717) is 11.5 Å². The van der Waals surface area contributed by atoms with Crippen LogP contribution in [0.15, 0.2) is 18.2 Å². The average Bonchev–Trinajstić information content (AvgIpc) is 2.54. The van der Waals surface area contributed by atoms with Crippen molar-refractivity contribution < 1.29 is 14.3 Å². The monoisotopic (exact) mass is 291 g/mol. The summed E-state index contributed by atoms with van der Waals surface area (Å²) < 4.78 is 11.0. The molecule has 0 aliphatic carbocycles. The van der Waals surface area contributed by atoms with Gasteiger partial charge in [0.1, 0.15) is 0 Å². The third kappa shape index (κ3) is 4.38. The Kier molecular flexibility index (Phi) is 5.90. The van der Waals surface area contributed by atoms with Crippen LogP contribution in [0.25, 0.3) is 0 Å². The first kappa shape index (κ1) is 15.7. The maximum absolute atomic E-state index is 12.1. The molecular formula is C17H25NO3. The number of amides is 1. The van der Waals surface area contributed by atoms with Gasteiger partial charge < -0.3 is 14.4 Å². The number of ether oxygens (including phenoxy) is 2. The highest BCUT2D eigenvalue weighted by molar-refractivity contribution is 5.78. The number of piperidine rings is 1. The van der Waals surface area contributed by atoms with Gasteiger partial charge in [-0.15, -0.1) is 0 Å². The summed E-state index contributed by atoms with van der Waals surface area (Å²) >= 11 is 0. The van der Waals surface area contributed by atoms with Gasteiger partial charge in [0.05, 0.1) is 7.11 Å². The Balaban J connectivity index is 1.94. The van der Waals surface area contributed by atoms with Crippen LogP contribution in [0.2, 0.25) is 0 Å². The highest BCUT2D eigenvalue weighted by atomic mass is 16.5. The number of likely N-dealkylation sites (tertiary alicyclic amines) is 1. The predicted molar refractivity (Wildman–Crippen MR) is 82.9 cm³/mol. The van der Waals surface area contributed by atoms with E-state index in [0.717, 1.165) is 38.8 Å². The number of benzene rings is 1. The van der Waals surface area contributed by atoms with Crippen LogP contribution in [0.1, 0.15) is 38.2 Å². The first-order valence-corrected chi connectivity index (χ1v) is 7.82. The van der Waals surface area contributed by atoms with E-state index in [9.17, 15) is 4.79 Å². The van der Waals surface area contributed by atoms with Gasteiger partial charge in [-0.1, -0.05) is 19.4 Å². The third-order valence-corrected chi connectivity index (χ3v) is 3.83. The van der Waals surface area contributed by atoms with Crippen LogP contribution < -0.4 is 9.47 Å². The zero-order valence-corrected chi connectivity index (χ0v) is 13.1. The van der Waals surface area contributed by atoms with Crippen molar-refractivity contribution in [2.75, 3.05) is 26.8 Å². The number of carbonyl (C=O) groups excluding carboxylic acids is 1. The van der Waals surface area contributed by atoms with E-state index in [1.807, 2.05) is 23.1 Å². The molecular weight excluding hydrogens is 266 g/mol. The van der Waals surface area contributed by atoms with Crippen molar-refractivity contribution in [2.24, 2.45) is 0 Å². The lowest BCUT2D eigenvalue weighted by molar-refractivity contribution is -0.134. The molecule has 1 heterocycles. The summed E-state index contributed by atoms with van der Waals surface area (Å²) in [5.74, 6) is 1.41. The average molecular weight is 291 g/mol. The highest BCUT2D eigenvalue weighted by Gasteiger charge is 2.17. The van der Waals surface area contributed by atoms with E-state index in [1.54, 1.807) is 7.11 Å². The minimum Gasteiger partial charge on any atom is -0.493 e.